The second kappa shape index (κ2) is 7.01. The van der Waals surface area contributed by atoms with E-state index in [1.54, 1.807) is 0 Å². The highest BCUT2D eigenvalue weighted by molar-refractivity contribution is 8.17. The van der Waals surface area contributed by atoms with Gasteiger partial charge in [0.25, 0.3) is 0 Å². The van der Waals surface area contributed by atoms with Gasteiger partial charge in [-0.2, -0.15) is 0 Å². The smallest absolute Gasteiger partial charge is 0.228 e. The molecule has 2 saturated carbocycles. The lowest BCUT2D eigenvalue weighted by Gasteiger charge is -2.56. The molecule has 0 spiro atoms. The van der Waals surface area contributed by atoms with Crippen LogP contribution in [0.2, 0.25) is 0 Å². The molecule has 0 bridgehead atoms. The summed E-state index contributed by atoms with van der Waals surface area (Å²) in [6.45, 7) is 4.79. The van der Waals surface area contributed by atoms with E-state index in [-0.39, 0.29) is 22.7 Å². The Labute approximate surface area is 178 Å². The van der Waals surface area contributed by atoms with Crippen LogP contribution in [0.5, 0.6) is 0 Å². The number of thioether (sulfide) groups is 1. The van der Waals surface area contributed by atoms with E-state index in [0.717, 1.165) is 37.8 Å². The van der Waals surface area contributed by atoms with E-state index >= 15 is 0 Å². The van der Waals surface area contributed by atoms with Crippen molar-refractivity contribution in [3.05, 3.63) is 41.3 Å². The molecule has 4 heteroatoms. The number of carbonyl (C=O) groups excluding carboxylic acids is 2. The summed E-state index contributed by atoms with van der Waals surface area (Å²) in [5.74, 6) is 2.25. The Balaban J connectivity index is 1.38. The van der Waals surface area contributed by atoms with Gasteiger partial charge >= 0.3 is 0 Å². The molecule has 6 atom stereocenters. The molecule has 1 aromatic carbocycles. The molecule has 3 nitrogen and oxygen atoms in total. The number of benzene rings is 1. The van der Waals surface area contributed by atoms with Crippen LogP contribution < -0.4 is 5.32 Å². The lowest BCUT2D eigenvalue weighted by molar-refractivity contribution is -0.126. The van der Waals surface area contributed by atoms with Gasteiger partial charge in [-0.25, -0.2) is 0 Å². The molecule has 29 heavy (non-hydrogen) atoms. The molecular weight excluding hydrogens is 378 g/mol. The normalized spacial score (nSPS) is 41.0. The summed E-state index contributed by atoms with van der Waals surface area (Å²) in [6.07, 6.45) is 9.68. The van der Waals surface area contributed by atoms with Crippen LogP contribution in [-0.2, 0) is 9.59 Å². The van der Waals surface area contributed by atoms with E-state index in [9.17, 15) is 9.59 Å². The summed E-state index contributed by atoms with van der Waals surface area (Å²) < 4.78 is 0. The van der Waals surface area contributed by atoms with Crippen LogP contribution in [-0.4, -0.2) is 11.0 Å². The van der Waals surface area contributed by atoms with E-state index in [0.29, 0.717) is 29.3 Å². The molecule has 1 saturated heterocycles. The lowest BCUT2D eigenvalue weighted by atomic mass is 9.50. The number of anilines is 1. The second-order valence-corrected chi connectivity index (χ2v) is 11.2. The van der Waals surface area contributed by atoms with Crippen LogP contribution in [0.25, 0.3) is 0 Å². The molecule has 1 N–H and O–H groups in total. The number of allylic oxidation sites excluding steroid dienone is 2. The molecule has 154 valence electrons. The fourth-order valence-electron chi connectivity index (χ4n) is 7.25. The van der Waals surface area contributed by atoms with Crippen LogP contribution >= 0.6 is 11.8 Å². The van der Waals surface area contributed by atoms with Crippen molar-refractivity contribution in [3.8, 4) is 0 Å². The van der Waals surface area contributed by atoms with Gasteiger partial charge in [-0.05, 0) is 78.7 Å². The molecular formula is C25H31NO2S. The molecule has 4 aliphatic rings. The highest BCUT2D eigenvalue weighted by Gasteiger charge is 2.60. The van der Waals surface area contributed by atoms with E-state index in [2.05, 4.69) is 25.2 Å². The minimum Gasteiger partial charge on any atom is -0.326 e. The maximum Gasteiger partial charge on any atom is 0.228 e. The van der Waals surface area contributed by atoms with Crippen molar-refractivity contribution in [2.24, 2.45) is 34.5 Å². The zero-order chi connectivity index (χ0) is 20.2. The topological polar surface area (TPSA) is 46.2 Å². The Bertz CT molecular complexity index is 865. The third-order valence-corrected chi connectivity index (χ3v) is 10.1. The fraction of sp³-hybridized carbons (Fsp3) is 0.600. The molecule has 1 unspecified atom stereocenters. The molecule has 3 aliphatic carbocycles. The quantitative estimate of drug-likeness (QED) is 0.648. The summed E-state index contributed by atoms with van der Waals surface area (Å²) in [5.41, 5.74) is 1.17. The van der Waals surface area contributed by atoms with Gasteiger partial charge in [-0.1, -0.05) is 49.9 Å². The first-order valence-corrected chi connectivity index (χ1v) is 12.0. The van der Waals surface area contributed by atoms with Crippen molar-refractivity contribution in [1.82, 2.24) is 0 Å². The molecule has 0 radical (unpaired) electrons. The van der Waals surface area contributed by atoms with Gasteiger partial charge in [-0.3, -0.25) is 9.59 Å². The van der Waals surface area contributed by atoms with Gasteiger partial charge in [0, 0.05) is 23.4 Å². The largest absolute Gasteiger partial charge is 0.326 e. The zero-order valence-corrected chi connectivity index (χ0v) is 18.3. The van der Waals surface area contributed by atoms with E-state index < -0.39 is 0 Å². The van der Waals surface area contributed by atoms with Crippen LogP contribution in [0.1, 0.15) is 58.8 Å². The van der Waals surface area contributed by atoms with Gasteiger partial charge in [0.2, 0.25) is 5.91 Å². The summed E-state index contributed by atoms with van der Waals surface area (Å²) in [6, 6.07) is 9.87. The number of para-hydroxylation sites is 1. The van der Waals surface area contributed by atoms with Crippen LogP contribution in [0.3, 0.4) is 0 Å². The molecule has 5 rings (SSSR count). The van der Waals surface area contributed by atoms with Gasteiger partial charge in [0.05, 0.1) is 0 Å². The third kappa shape index (κ3) is 3.01. The maximum atomic E-state index is 13.2. The second-order valence-electron chi connectivity index (χ2n) is 10.1. The number of nitrogens with one attached hydrogen (secondary N) is 1. The highest BCUT2D eigenvalue weighted by Crippen LogP contribution is 2.67. The first-order valence-electron chi connectivity index (χ1n) is 11.2. The van der Waals surface area contributed by atoms with Crippen LogP contribution in [0.4, 0.5) is 5.69 Å². The summed E-state index contributed by atoms with van der Waals surface area (Å²) in [5, 5.41) is 3.52. The number of amides is 1. The van der Waals surface area contributed by atoms with E-state index in [1.807, 2.05) is 30.3 Å². The average molecular weight is 410 g/mol. The molecule has 1 aromatic rings. The first-order chi connectivity index (χ1) is 13.9. The Morgan fingerprint density at radius 3 is 2.66 bits per heavy atom. The van der Waals surface area contributed by atoms with Crippen LogP contribution in [0.15, 0.2) is 41.3 Å². The molecule has 1 amide bonds. The number of hydrogen-bond donors (Lipinski definition) is 1. The molecule has 3 fully saturated rings. The summed E-state index contributed by atoms with van der Waals surface area (Å²) in [7, 11) is 0. The van der Waals surface area contributed by atoms with Gasteiger partial charge < -0.3 is 5.32 Å². The van der Waals surface area contributed by atoms with Gasteiger partial charge in [0.1, 0.15) is 0 Å². The Kier molecular flexibility index (Phi) is 4.69. The molecule has 0 aromatic heterocycles. The fourth-order valence-corrected chi connectivity index (χ4v) is 8.37. The highest BCUT2D eigenvalue weighted by atomic mass is 32.2. The lowest BCUT2D eigenvalue weighted by Crippen LogP contribution is -2.50. The Morgan fingerprint density at radius 1 is 1.07 bits per heavy atom. The molecule has 1 aliphatic heterocycles. The Morgan fingerprint density at radius 2 is 1.86 bits per heavy atom. The predicted molar refractivity (Wildman–Crippen MR) is 118 cm³/mol. The van der Waals surface area contributed by atoms with Crippen molar-refractivity contribution < 1.29 is 9.59 Å². The third-order valence-electron chi connectivity index (χ3n) is 8.82. The van der Waals surface area contributed by atoms with Crippen molar-refractivity contribution in [3.63, 3.8) is 0 Å². The monoisotopic (exact) mass is 409 g/mol. The number of fused-ring (bicyclic) bond motifs is 5. The zero-order valence-electron chi connectivity index (χ0n) is 17.4. The van der Waals surface area contributed by atoms with Crippen LogP contribution in [0, 0.1) is 34.5 Å². The van der Waals surface area contributed by atoms with Gasteiger partial charge in [0.15, 0.2) is 5.12 Å². The van der Waals surface area contributed by atoms with Gasteiger partial charge in [-0.15, -0.1) is 0 Å². The minimum absolute atomic E-state index is 0.0966. The van der Waals surface area contributed by atoms with E-state index in [4.69, 9.17) is 0 Å². The average Bonchev–Trinajstić information content (AvgIpc) is 3.06. The summed E-state index contributed by atoms with van der Waals surface area (Å²) in [4.78, 5) is 26.5. The Hall–Kier alpha value is -1.55. The molecule has 1 heterocycles. The predicted octanol–water partition coefficient (Wildman–Crippen LogP) is 6.03. The van der Waals surface area contributed by atoms with Crippen molar-refractivity contribution in [2.75, 3.05) is 5.32 Å². The maximum absolute atomic E-state index is 13.2. The van der Waals surface area contributed by atoms with E-state index in [1.165, 1.54) is 23.1 Å². The van der Waals surface area contributed by atoms with Crippen molar-refractivity contribution >= 4 is 28.5 Å². The number of hydrogen-bond acceptors (Lipinski definition) is 3. The number of carbonyl (C=O) groups is 2. The minimum atomic E-state index is 0.0966. The van der Waals surface area contributed by atoms with Crippen molar-refractivity contribution in [1.29, 1.82) is 0 Å². The van der Waals surface area contributed by atoms with Crippen molar-refractivity contribution in [2.45, 2.75) is 58.8 Å². The number of rotatable bonds is 2. The SMILES string of the molecule is C[C@]12CCC(=O)SC1=CC[C@@H]1[C@H]2CC[C@]2(C)C(C(=O)Nc3ccccc3)CC[C@@H]12. The summed E-state index contributed by atoms with van der Waals surface area (Å²) >= 11 is 1.51. The first kappa shape index (κ1) is 19.4. The standard InChI is InChI=1S/C25H31NO2S/c1-24-14-12-19-17(8-11-21-25(19,2)15-13-22(27)29-21)18(24)9-10-20(24)23(28)26-16-6-4-3-5-7-16/h3-7,11,17-20H,8-10,12-15H2,1-2H3,(H,26,28)/t17-,18-,19+,20?,24-,25+/m0/s1.